The van der Waals surface area contributed by atoms with Gasteiger partial charge in [0.1, 0.15) is 28.0 Å². The van der Waals surface area contributed by atoms with Crippen LogP contribution in [0.3, 0.4) is 0 Å². The number of ether oxygens (including phenoxy) is 5. The Morgan fingerprint density at radius 2 is 0.806 bits per heavy atom. The molecule has 3 aromatic rings. The van der Waals surface area contributed by atoms with Crippen LogP contribution in [0.25, 0.3) is 5.57 Å². The molecule has 2 aromatic heterocycles. The van der Waals surface area contributed by atoms with Crippen molar-refractivity contribution in [1.82, 2.24) is 54.5 Å². The summed E-state index contributed by atoms with van der Waals surface area (Å²) in [6.07, 6.45) is 25.6. The van der Waals surface area contributed by atoms with Gasteiger partial charge in [-0.25, -0.2) is 24.0 Å². The third-order valence-electron chi connectivity index (χ3n) is 25.8. The molecule has 690 valence electrons. The predicted molar refractivity (Wildman–Crippen MR) is 484 cm³/mol. The summed E-state index contributed by atoms with van der Waals surface area (Å²) in [6.45, 7) is 43.9. The Balaban J connectivity index is 0.000000189. The highest BCUT2D eigenvalue weighted by molar-refractivity contribution is 5.85. The lowest BCUT2D eigenvalue weighted by atomic mass is 9.72. The van der Waals surface area contributed by atoms with Crippen molar-refractivity contribution in [3.63, 3.8) is 0 Å². The number of rotatable bonds is 16. The van der Waals surface area contributed by atoms with E-state index in [-0.39, 0.29) is 82.8 Å². The van der Waals surface area contributed by atoms with Gasteiger partial charge in [-0.2, -0.15) is 0 Å². The van der Waals surface area contributed by atoms with Gasteiger partial charge in [-0.1, -0.05) is 45.0 Å². The van der Waals surface area contributed by atoms with Crippen molar-refractivity contribution in [3.8, 4) is 0 Å². The third-order valence-corrected chi connectivity index (χ3v) is 25.8. The molecular formula is C99H155N11O14. The predicted octanol–water partition coefficient (Wildman–Crippen LogP) is 18.3. The summed E-state index contributed by atoms with van der Waals surface area (Å²) in [5.74, 6) is 3.65. The monoisotopic (exact) mass is 1720 g/mol. The van der Waals surface area contributed by atoms with E-state index in [0.29, 0.717) is 74.1 Å². The molecule has 25 heteroatoms. The molecule has 9 amide bonds. The molecule has 9 aliphatic rings. The first-order valence-corrected chi connectivity index (χ1v) is 46.4. The van der Waals surface area contributed by atoms with Crippen molar-refractivity contribution in [2.24, 2.45) is 58.2 Å². The summed E-state index contributed by atoms with van der Waals surface area (Å²) in [5.41, 5.74) is 6.05. The van der Waals surface area contributed by atoms with Crippen LogP contribution in [0.1, 0.15) is 281 Å². The first-order valence-electron chi connectivity index (χ1n) is 46.4. The Hall–Kier alpha value is -8.51. The standard InChI is InChI=1S/C31H46N2O3.C26H45N3O5.C22H33N3O3.C20H31N3O3/c1-30(2,3)19-27-26-18-23-10-8-9-11-24(23)25(26)16-17-33(27)28(34)22-14-12-21(13-15-22)20-32(7)29(35)36-31(4,5)6;1-24(2,3)33-22(31)27(7)16-19-8-10-20(11-9-19)21(30)28-14-12-26(13-15-28)17-29(18-26)23(32)34-25(4,5)6;1-22(2,3)28-21(27)24(4)13-16-5-7-18(8-6-16)20(26)25-14-19(15-25)17-9-11-23-12-10-17;1-20(2,3)26-19(25)23(4)14-16-5-7-17(8-6-16)18(24)22-13-15-9-11-21-12-10-15/h8-11,21-22,27H,12-20H2,1-7H3;19-20H,8-18H2,1-7H3;9-12,16,18-19H,5-8,13-15H2,1-4H3;9-12,16-17H,5-8,13-14H2,1-4H3,(H,22,24). The van der Waals surface area contributed by atoms with E-state index in [0.717, 1.165) is 186 Å². The van der Waals surface area contributed by atoms with Gasteiger partial charge in [-0.05, 0) is 325 Å². The molecular weight excluding hydrogens is 1570 g/mol. The van der Waals surface area contributed by atoms with Gasteiger partial charge in [-0.15, -0.1) is 0 Å². The first-order chi connectivity index (χ1) is 58.0. The Bertz CT molecular complexity index is 4040. The van der Waals surface area contributed by atoms with E-state index in [1.807, 2.05) is 157 Å². The average Bonchev–Trinajstić information content (AvgIpc) is 1.20. The Morgan fingerprint density at radius 3 is 1.20 bits per heavy atom. The molecule has 7 fully saturated rings. The molecule has 0 radical (unpaired) electrons. The van der Waals surface area contributed by atoms with E-state index >= 15 is 0 Å². The Morgan fingerprint density at radius 1 is 0.435 bits per heavy atom. The fourth-order valence-corrected chi connectivity index (χ4v) is 19.1. The summed E-state index contributed by atoms with van der Waals surface area (Å²) in [7, 11) is 7.19. The number of benzene rings is 1. The largest absolute Gasteiger partial charge is 0.444 e. The number of hydrogen-bond donors (Lipinski definition) is 1. The number of fused-ring (bicyclic) bond motifs is 2. The summed E-state index contributed by atoms with van der Waals surface area (Å²) in [5, 5.41) is 3.02. The normalized spacial score (nSPS) is 23.4. The van der Waals surface area contributed by atoms with Crippen LogP contribution in [0.5, 0.6) is 0 Å². The zero-order chi connectivity index (χ0) is 91.0. The van der Waals surface area contributed by atoms with Crippen LogP contribution in [0.4, 0.5) is 24.0 Å². The number of aromatic nitrogens is 2. The van der Waals surface area contributed by atoms with Crippen LogP contribution >= 0.6 is 0 Å². The number of nitrogens with one attached hydrogen (secondary N) is 1. The lowest BCUT2D eigenvalue weighted by Gasteiger charge is -2.53. The maximum absolute atomic E-state index is 13.9. The number of amides is 9. The third kappa shape index (κ3) is 30.6. The maximum atomic E-state index is 13.9. The highest BCUT2D eigenvalue weighted by Crippen LogP contribution is 2.47. The van der Waals surface area contributed by atoms with Crippen LogP contribution in [0.15, 0.2) is 78.9 Å². The van der Waals surface area contributed by atoms with E-state index in [1.54, 1.807) is 58.0 Å². The quantitative estimate of drug-likeness (QED) is 0.131. The SMILES string of the molecule is CN(CC1CCC(C(=O)N2CC(c3ccncc3)C2)CC1)C(=O)OC(C)(C)C.CN(CC1CCC(C(=O)N2CCC3(CC2)CN(C(=O)OC(C)(C)C)C3)CC1)C(=O)OC(C)(C)C.CN(CC1CCC(C(=O)N2CCC3=C(Cc4ccccc43)C2CC(C)(C)C)CC1)C(=O)OC(C)(C)C.CN(CC1CCC(C(=O)NCc2ccncc2)CC1)C(=O)OC(C)(C)C. The zero-order valence-corrected chi connectivity index (χ0v) is 79.7. The lowest BCUT2D eigenvalue weighted by Crippen LogP contribution is -2.63. The number of carbonyl (C=O) groups is 9. The molecule has 1 atom stereocenters. The van der Waals surface area contributed by atoms with Gasteiger partial charge < -0.3 is 68.2 Å². The van der Waals surface area contributed by atoms with E-state index in [2.05, 4.69) is 65.2 Å². The second-order valence-electron chi connectivity index (χ2n) is 43.7. The van der Waals surface area contributed by atoms with E-state index in [4.69, 9.17) is 23.7 Å². The molecule has 4 aliphatic heterocycles. The van der Waals surface area contributed by atoms with Crippen LogP contribution in [0, 0.1) is 58.2 Å². The highest BCUT2D eigenvalue weighted by Gasteiger charge is 2.50. The summed E-state index contributed by atoms with van der Waals surface area (Å²) < 4.78 is 27.3. The molecule has 1 N–H and O–H groups in total. The first kappa shape index (κ1) is 99.3. The molecule has 5 aliphatic carbocycles. The smallest absolute Gasteiger partial charge is 0.410 e. The molecule has 1 spiro atoms. The number of likely N-dealkylation sites (tertiary alicyclic amines) is 3. The van der Waals surface area contributed by atoms with Gasteiger partial charge in [0.15, 0.2) is 0 Å². The minimum atomic E-state index is -0.490. The fourth-order valence-electron chi connectivity index (χ4n) is 19.1. The van der Waals surface area contributed by atoms with Crippen LogP contribution in [0.2, 0.25) is 0 Å². The number of hydrogen-bond acceptors (Lipinski definition) is 16. The minimum Gasteiger partial charge on any atom is -0.444 e. The molecule has 12 rings (SSSR count). The molecule has 1 unspecified atom stereocenters. The van der Waals surface area contributed by atoms with Gasteiger partial charge in [0.05, 0.1) is 6.04 Å². The lowest BCUT2D eigenvalue weighted by molar-refractivity contribution is -0.142. The van der Waals surface area contributed by atoms with Gasteiger partial charge in [0.25, 0.3) is 0 Å². The summed E-state index contributed by atoms with van der Waals surface area (Å²) in [4.78, 5) is 136. The molecule has 0 bridgehead atoms. The van der Waals surface area contributed by atoms with Crippen molar-refractivity contribution < 1.29 is 66.8 Å². The second-order valence-corrected chi connectivity index (χ2v) is 43.7. The topological polar surface area (TPSA) is 264 Å². The number of pyridine rings is 2. The molecule has 6 heterocycles. The van der Waals surface area contributed by atoms with Gasteiger partial charge >= 0.3 is 30.5 Å². The van der Waals surface area contributed by atoms with Crippen molar-refractivity contribution in [2.45, 2.75) is 306 Å². The second kappa shape index (κ2) is 42.9. The number of carbonyl (C=O) groups excluding carboxylic acids is 9. The average molecular weight is 1720 g/mol. The van der Waals surface area contributed by atoms with E-state index in [1.165, 1.54) is 27.8 Å². The molecule has 1 aromatic carbocycles. The van der Waals surface area contributed by atoms with Gasteiger partial charge in [-0.3, -0.25) is 29.1 Å². The molecule has 4 saturated carbocycles. The van der Waals surface area contributed by atoms with E-state index in [9.17, 15) is 43.2 Å². The molecule has 3 saturated heterocycles. The highest BCUT2D eigenvalue weighted by atomic mass is 16.6. The van der Waals surface area contributed by atoms with Gasteiger partial charge in [0.2, 0.25) is 23.6 Å². The number of nitrogens with zero attached hydrogens (tertiary/aromatic N) is 10. The Kier molecular flexibility index (Phi) is 34.3. The van der Waals surface area contributed by atoms with Crippen LogP contribution in [-0.2, 0) is 55.8 Å². The van der Waals surface area contributed by atoms with Crippen LogP contribution in [-0.4, -0.2) is 237 Å². The van der Waals surface area contributed by atoms with Crippen molar-refractivity contribution in [3.05, 3.63) is 101 Å². The minimum absolute atomic E-state index is 0.0694. The summed E-state index contributed by atoms with van der Waals surface area (Å²) >= 11 is 0. The molecule has 25 nitrogen and oxygen atoms in total. The fraction of sp³-hybridized carbons (Fsp3) is 0.727. The number of piperidine rings is 1. The van der Waals surface area contributed by atoms with Crippen LogP contribution < -0.4 is 5.32 Å². The van der Waals surface area contributed by atoms with Gasteiger partial charge in [0, 0.05) is 167 Å². The maximum Gasteiger partial charge on any atom is 0.410 e. The van der Waals surface area contributed by atoms with Crippen molar-refractivity contribution in [2.75, 3.05) is 100 Å². The van der Waals surface area contributed by atoms with Crippen molar-refractivity contribution >= 4 is 59.7 Å². The zero-order valence-electron chi connectivity index (χ0n) is 79.7. The van der Waals surface area contributed by atoms with E-state index < -0.39 is 28.0 Å². The Labute approximate surface area is 742 Å². The summed E-state index contributed by atoms with van der Waals surface area (Å²) in [6, 6.07) is 16.9. The molecule has 124 heavy (non-hydrogen) atoms. The van der Waals surface area contributed by atoms with Crippen molar-refractivity contribution in [1.29, 1.82) is 0 Å².